The topological polar surface area (TPSA) is 74.4 Å². The van der Waals surface area contributed by atoms with Crippen LogP contribution < -0.4 is 10.9 Å². The highest BCUT2D eigenvalue weighted by atomic mass is 16.5. The Bertz CT molecular complexity index is 517. The van der Waals surface area contributed by atoms with Crippen LogP contribution in [0.2, 0.25) is 0 Å². The Morgan fingerprint density at radius 1 is 1.43 bits per heavy atom. The number of rotatable bonds is 5. The third-order valence-electron chi connectivity index (χ3n) is 4.21. The normalized spacial score (nSPS) is 19.0. The zero-order valence-corrected chi connectivity index (χ0v) is 12.6. The van der Waals surface area contributed by atoms with Gasteiger partial charge in [-0.2, -0.15) is 0 Å². The van der Waals surface area contributed by atoms with Gasteiger partial charge in [-0.15, -0.1) is 0 Å². The van der Waals surface area contributed by atoms with Crippen molar-refractivity contribution in [2.24, 2.45) is 0 Å². The number of aromatic nitrogens is 1. The van der Waals surface area contributed by atoms with E-state index in [0.29, 0.717) is 12.1 Å². The van der Waals surface area contributed by atoms with Crippen LogP contribution in [0.15, 0.2) is 23.1 Å². The number of amides is 1. The first-order valence-corrected chi connectivity index (χ1v) is 7.35. The fourth-order valence-electron chi connectivity index (χ4n) is 2.49. The number of hydrogen-bond donors (Lipinski definition) is 2. The first-order valence-electron chi connectivity index (χ1n) is 7.35. The third kappa shape index (κ3) is 3.92. The average molecular weight is 293 g/mol. The van der Waals surface area contributed by atoms with Gasteiger partial charge in [0.25, 0.3) is 5.91 Å². The fraction of sp³-hybridized carbons (Fsp3) is 0.600. The number of H-pyrrole nitrogens is 1. The summed E-state index contributed by atoms with van der Waals surface area (Å²) in [6.07, 6.45) is 2.38. The number of pyridine rings is 1. The van der Waals surface area contributed by atoms with E-state index in [2.05, 4.69) is 29.0 Å². The Balaban J connectivity index is 1.97. The van der Waals surface area contributed by atoms with Crippen LogP contribution in [0, 0.1) is 0 Å². The number of carbonyl (C=O) groups excluding carboxylic acids is 1. The molecule has 1 aliphatic rings. The largest absolute Gasteiger partial charge is 0.379 e. The highest BCUT2D eigenvalue weighted by Gasteiger charge is 2.31. The lowest BCUT2D eigenvalue weighted by molar-refractivity contribution is -0.0169. The molecule has 1 aromatic heterocycles. The van der Waals surface area contributed by atoms with Crippen molar-refractivity contribution < 1.29 is 9.53 Å². The number of ether oxygens (including phenoxy) is 1. The van der Waals surface area contributed by atoms with Crippen molar-refractivity contribution in [3.05, 3.63) is 34.2 Å². The predicted octanol–water partition coefficient (Wildman–Crippen LogP) is 0.606. The van der Waals surface area contributed by atoms with Gasteiger partial charge >= 0.3 is 0 Å². The molecule has 2 N–H and O–H groups in total. The Morgan fingerprint density at radius 2 is 2.14 bits per heavy atom. The van der Waals surface area contributed by atoms with Gasteiger partial charge in [0.15, 0.2) is 0 Å². The molecule has 21 heavy (non-hydrogen) atoms. The maximum absolute atomic E-state index is 12.1. The van der Waals surface area contributed by atoms with Crippen LogP contribution in [0.3, 0.4) is 0 Å². The summed E-state index contributed by atoms with van der Waals surface area (Å²) in [5.74, 6) is -0.167. The van der Waals surface area contributed by atoms with E-state index in [1.165, 1.54) is 18.3 Å². The molecule has 1 saturated heterocycles. The summed E-state index contributed by atoms with van der Waals surface area (Å²) >= 11 is 0. The maximum atomic E-state index is 12.1. The van der Waals surface area contributed by atoms with Crippen LogP contribution in [-0.4, -0.2) is 54.2 Å². The summed E-state index contributed by atoms with van der Waals surface area (Å²) in [7, 11) is 0. The Labute approximate surface area is 124 Å². The SMILES string of the molecule is CC[C@@](C)(CNC(=O)c1ccc(=O)[nH]c1)N1CCOCC1. The smallest absolute Gasteiger partial charge is 0.252 e. The molecule has 2 rings (SSSR count). The summed E-state index contributed by atoms with van der Waals surface area (Å²) < 4.78 is 5.38. The number of hydrogen-bond acceptors (Lipinski definition) is 4. The monoisotopic (exact) mass is 293 g/mol. The molecule has 0 saturated carbocycles. The van der Waals surface area contributed by atoms with E-state index in [0.717, 1.165) is 32.7 Å². The van der Waals surface area contributed by atoms with E-state index in [9.17, 15) is 9.59 Å². The molecule has 6 heteroatoms. The number of nitrogens with one attached hydrogen (secondary N) is 2. The van der Waals surface area contributed by atoms with E-state index in [-0.39, 0.29) is 17.0 Å². The molecule has 116 valence electrons. The molecule has 0 unspecified atom stereocenters. The van der Waals surface area contributed by atoms with Gasteiger partial charge in [0.2, 0.25) is 5.56 Å². The molecule has 1 atom stereocenters. The third-order valence-corrected chi connectivity index (χ3v) is 4.21. The maximum Gasteiger partial charge on any atom is 0.252 e. The molecule has 1 fully saturated rings. The Morgan fingerprint density at radius 3 is 2.71 bits per heavy atom. The van der Waals surface area contributed by atoms with Gasteiger partial charge in [-0.1, -0.05) is 6.92 Å². The molecular formula is C15H23N3O3. The predicted molar refractivity (Wildman–Crippen MR) is 80.5 cm³/mol. The van der Waals surface area contributed by atoms with Crippen LogP contribution in [-0.2, 0) is 4.74 Å². The number of carbonyl (C=O) groups is 1. The van der Waals surface area contributed by atoms with Crippen LogP contribution >= 0.6 is 0 Å². The number of nitrogens with zero attached hydrogens (tertiary/aromatic N) is 1. The van der Waals surface area contributed by atoms with Crippen molar-refractivity contribution in [1.82, 2.24) is 15.2 Å². The van der Waals surface area contributed by atoms with E-state index < -0.39 is 0 Å². The highest BCUT2D eigenvalue weighted by molar-refractivity contribution is 5.93. The molecule has 1 amide bonds. The standard InChI is InChI=1S/C15H23N3O3/c1-3-15(2,18-6-8-21-9-7-18)11-17-14(20)12-4-5-13(19)16-10-12/h4-5,10H,3,6-9,11H2,1-2H3,(H,16,19)(H,17,20)/t15-/m0/s1. The quantitative estimate of drug-likeness (QED) is 0.834. The molecule has 0 aliphatic carbocycles. The Kier molecular flexibility index (Phi) is 5.14. The average Bonchev–Trinajstić information content (AvgIpc) is 2.54. The summed E-state index contributed by atoms with van der Waals surface area (Å²) in [6.45, 7) is 8.11. The summed E-state index contributed by atoms with van der Waals surface area (Å²) in [6, 6.07) is 2.89. The zero-order chi connectivity index (χ0) is 15.3. The summed E-state index contributed by atoms with van der Waals surface area (Å²) in [5, 5.41) is 2.96. The Hall–Kier alpha value is -1.66. The van der Waals surface area contributed by atoms with E-state index >= 15 is 0 Å². The zero-order valence-electron chi connectivity index (χ0n) is 12.6. The van der Waals surface area contributed by atoms with Crippen LogP contribution in [0.5, 0.6) is 0 Å². The van der Waals surface area contributed by atoms with Crippen molar-refractivity contribution in [3.63, 3.8) is 0 Å². The first-order chi connectivity index (χ1) is 10.0. The fourth-order valence-corrected chi connectivity index (χ4v) is 2.49. The molecule has 1 aromatic rings. The molecule has 2 heterocycles. The number of morpholine rings is 1. The van der Waals surface area contributed by atoms with Gasteiger partial charge in [-0.25, -0.2) is 0 Å². The summed E-state index contributed by atoms with van der Waals surface area (Å²) in [4.78, 5) is 28.0. The van der Waals surface area contributed by atoms with Gasteiger partial charge in [-0.05, 0) is 19.4 Å². The van der Waals surface area contributed by atoms with E-state index in [1.54, 1.807) is 0 Å². The highest BCUT2D eigenvalue weighted by Crippen LogP contribution is 2.20. The second-order valence-corrected chi connectivity index (χ2v) is 5.57. The van der Waals surface area contributed by atoms with Crippen molar-refractivity contribution in [3.8, 4) is 0 Å². The van der Waals surface area contributed by atoms with Crippen molar-refractivity contribution >= 4 is 5.91 Å². The minimum atomic E-state index is -0.210. The lowest BCUT2D eigenvalue weighted by atomic mass is 9.95. The van der Waals surface area contributed by atoms with Crippen LogP contribution in [0.25, 0.3) is 0 Å². The van der Waals surface area contributed by atoms with E-state index in [4.69, 9.17) is 4.74 Å². The second kappa shape index (κ2) is 6.87. The minimum Gasteiger partial charge on any atom is -0.379 e. The molecule has 1 aliphatic heterocycles. The minimum absolute atomic E-state index is 0.0817. The lowest BCUT2D eigenvalue weighted by Crippen LogP contribution is -2.56. The van der Waals surface area contributed by atoms with Crippen LogP contribution in [0.1, 0.15) is 30.6 Å². The first kappa shape index (κ1) is 15.7. The van der Waals surface area contributed by atoms with Gasteiger partial charge in [0.05, 0.1) is 18.8 Å². The molecule has 0 radical (unpaired) electrons. The van der Waals surface area contributed by atoms with Gasteiger partial charge in [0, 0.05) is 37.4 Å². The molecule has 0 spiro atoms. The van der Waals surface area contributed by atoms with Crippen molar-refractivity contribution in [1.29, 1.82) is 0 Å². The van der Waals surface area contributed by atoms with Crippen molar-refractivity contribution in [2.75, 3.05) is 32.8 Å². The van der Waals surface area contributed by atoms with Gasteiger partial charge in [0.1, 0.15) is 0 Å². The number of aromatic amines is 1. The lowest BCUT2D eigenvalue weighted by Gasteiger charge is -2.43. The van der Waals surface area contributed by atoms with Crippen molar-refractivity contribution in [2.45, 2.75) is 25.8 Å². The van der Waals surface area contributed by atoms with Gasteiger partial charge in [-0.3, -0.25) is 14.5 Å². The van der Waals surface area contributed by atoms with Gasteiger partial charge < -0.3 is 15.0 Å². The molecular weight excluding hydrogens is 270 g/mol. The van der Waals surface area contributed by atoms with E-state index in [1.807, 2.05) is 0 Å². The molecule has 0 aromatic carbocycles. The molecule has 0 bridgehead atoms. The second-order valence-electron chi connectivity index (χ2n) is 5.57. The summed E-state index contributed by atoms with van der Waals surface area (Å²) in [5.41, 5.74) is 0.176. The molecule has 6 nitrogen and oxygen atoms in total. The van der Waals surface area contributed by atoms with Crippen LogP contribution in [0.4, 0.5) is 0 Å².